The van der Waals surface area contributed by atoms with Crippen LogP contribution in [-0.2, 0) is 10.8 Å². The molecule has 0 radical (unpaired) electrons. The minimum atomic E-state index is -0.557. The first-order valence-electron chi connectivity index (χ1n) is 43.7. The molecule has 0 aliphatic carbocycles. The minimum Gasteiger partial charge on any atom is -0.454 e. The number of nitrogens with zero attached hydrogens (tertiary/aromatic N) is 5. The van der Waals surface area contributed by atoms with Crippen molar-refractivity contribution in [3.63, 3.8) is 0 Å². The molecule has 0 atom stereocenters. The molecule has 562 valence electrons. The summed E-state index contributed by atoms with van der Waals surface area (Å²) >= 11 is 0. The molecule has 0 N–H and O–H groups in total. The Bertz CT molecular complexity index is 7440. The largest absolute Gasteiger partial charge is 0.454 e. The van der Waals surface area contributed by atoms with Crippen LogP contribution in [0.3, 0.4) is 0 Å². The molecule has 0 fully saturated rings. The lowest BCUT2D eigenvalue weighted by Gasteiger charge is -2.35. The number of fused-ring (bicyclic) bond motifs is 9. The van der Waals surface area contributed by atoms with Gasteiger partial charge in [-0.25, -0.2) is 0 Å². The lowest BCUT2D eigenvalue weighted by Crippen LogP contribution is -2.19. The van der Waals surface area contributed by atoms with E-state index in [4.69, 9.17) is 11.6 Å². The Hall–Kier alpha value is -14.7. The van der Waals surface area contributed by atoms with Crippen molar-refractivity contribution in [3.05, 3.63) is 417 Å². The van der Waals surface area contributed by atoms with Crippen molar-refractivity contribution < 1.29 is 19.8 Å². The van der Waals surface area contributed by atoms with Crippen molar-refractivity contribution in [2.45, 2.75) is 52.4 Å². The van der Waals surface area contributed by atoms with E-state index in [0.29, 0.717) is 17.0 Å². The van der Waals surface area contributed by atoms with Gasteiger partial charge in [-0.05, 0) is 165 Å². The van der Waals surface area contributed by atoms with Crippen LogP contribution in [0.2, 0.25) is 0 Å². The van der Waals surface area contributed by atoms with E-state index in [2.05, 4.69) is 328 Å². The van der Waals surface area contributed by atoms with Gasteiger partial charge < -0.3 is 33.0 Å². The average molecular weight is 1520 g/mol. The van der Waals surface area contributed by atoms with Gasteiger partial charge in [-0.2, -0.15) is 0 Å². The van der Waals surface area contributed by atoms with Crippen LogP contribution < -0.4 is 19.6 Å². The van der Waals surface area contributed by atoms with Crippen molar-refractivity contribution in [3.8, 4) is 50.2 Å². The summed E-state index contributed by atoms with van der Waals surface area (Å²) in [6.45, 7) is 13.5. The summed E-state index contributed by atoms with van der Waals surface area (Å²) in [4.78, 5) is 9.42. The first kappa shape index (κ1) is 62.8. The fourth-order valence-corrected chi connectivity index (χ4v) is 16.8. The maximum absolute atomic E-state index is 9.73. The van der Waals surface area contributed by atoms with E-state index < -0.39 is 59.2 Å². The molecule has 0 amide bonds. The molecule has 0 saturated heterocycles. The second kappa shape index (κ2) is 29.4. The zero-order chi connectivity index (χ0) is 85.8. The van der Waals surface area contributed by atoms with Crippen LogP contribution in [0.5, 0.6) is 0 Å². The van der Waals surface area contributed by atoms with E-state index in [0.717, 1.165) is 156 Å². The molecule has 3 aromatic heterocycles. The summed E-state index contributed by atoms with van der Waals surface area (Å²) in [5.41, 5.74) is 22.0. The van der Waals surface area contributed by atoms with Crippen LogP contribution in [0, 0.1) is 0 Å². The summed E-state index contributed by atoms with van der Waals surface area (Å²) in [5.74, 6) is 0. The lowest BCUT2D eigenvalue weighted by molar-refractivity contribution is 0.590. The highest BCUT2D eigenvalue weighted by Gasteiger charge is 2.32. The maximum atomic E-state index is 9.73. The molecule has 7 heteroatoms. The third-order valence-electron chi connectivity index (χ3n) is 22.4. The Morgan fingerprint density at radius 2 is 0.564 bits per heavy atom. The van der Waals surface area contributed by atoms with Crippen LogP contribution in [-0.4, -0.2) is 4.57 Å². The predicted molar refractivity (Wildman–Crippen MR) is 493 cm³/mol. The highest BCUT2D eigenvalue weighted by Crippen LogP contribution is 2.55. The molecular formula is C110H85N5O2. The van der Waals surface area contributed by atoms with Gasteiger partial charge in [-0.1, -0.05) is 327 Å². The third-order valence-corrected chi connectivity index (χ3v) is 22.4. The number of para-hydroxylation sites is 9. The van der Waals surface area contributed by atoms with Gasteiger partial charge in [0.15, 0.2) is 11.2 Å². The molecule has 3 heterocycles. The first-order valence-corrected chi connectivity index (χ1v) is 39.7. The Morgan fingerprint density at radius 3 is 0.983 bits per heavy atom. The average Bonchev–Trinajstić information content (AvgIpc) is 1.55. The highest BCUT2D eigenvalue weighted by molar-refractivity contribution is 6.13. The quantitative estimate of drug-likeness (QED) is 0.0905. The topological polar surface area (TPSA) is 44.2 Å². The summed E-state index contributed by atoms with van der Waals surface area (Å²) in [7, 11) is 0. The zero-order valence-corrected chi connectivity index (χ0v) is 65.6. The summed E-state index contributed by atoms with van der Waals surface area (Å²) in [6.07, 6.45) is 0. The fourth-order valence-electron chi connectivity index (χ4n) is 16.8. The van der Waals surface area contributed by atoms with Gasteiger partial charge in [0.1, 0.15) is 11.2 Å². The van der Waals surface area contributed by atoms with Crippen molar-refractivity contribution in [1.82, 2.24) is 4.57 Å². The Labute approximate surface area is 693 Å². The number of rotatable bonds is 17. The van der Waals surface area contributed by atoms with Crippen LogP contribution in [0.25, 0.3) is 116 Å². The molecule has 0 unspecified atom stereocenters. The molecule has 0 aliphatic heterocycles. The minimum absolute atomic E-state index is 0.0118. The molecule has 0 saturated carbocycles. The van der Waals surface area contributed by atoms with E-state index >= 15 is 0 Å². The number of hydrogen-bond acceptors (Lipinski definition) is 6. The summed E-state index contributed by atoms with van der Waals surface area (Å²) in [5, 5.41) is 3.89. The molecule has 20 rings (SSSR count). The smallest absolute Gasteiger partial charge is 0.159 e. The Morgan fingerprint density at radius 1 is 0.256 bits per heavy atom. The maximum Gasteiger partial charge on any atom is 0.159 e. The summed E-state index contributed by atoms with van der Waals surface area (Å²) in [6, 6.07) is 122. The van der Waals surface area contributed by atoms with Crippen LogP contribution in [0.4, 0.5) is 68.2 Å². The SMILES string of the molecule is [2H]c1c([2H])c([2H])c2c(c1[2H])c1c([2H])c([2H])c([2H])c([2H])c1n2-c1cccc(N(c2cc(N(c3cccc(N(c4cc(N(c5ccccc5)c5cccc6c5oc5ccccc56)cc(C(C)(C)C)c4)c4c(-c5ccccc5)cccc4-c4ccccc4)c3)c3cccc4c3oc3ccccc34)cc(C(C)(C)C)c2)c2c(-c3ccccc3)cccc2-c2ccccc2)c1. The number of aromatic nitrogens is 1. The van der Waals surface area contributed by atoms with E-state index in [1.807, 2.05) is 91.0 Å². The van der Waals surface area contributed by atoms with Crippen molar-refractivity contribution in [2.75, 3.05) is 19.6 Å². The highest BCUT2D eigenvalue weighted by atomic mass is 16.3. The van der Waals surface area contributed by atoms with Crippen molar-refractivity contribution >= 4 is 134 Å². The summed E-state index contributed by atoms with van der Waals surface area (Å²) < 4.78 is 90.7. The molecule has 0 bridgehead atoms. The van der Waals surface area contributed by atoms with E-state index in [9.17, 15) is 8.22 Å². The predicted octanol–water partition coefficient (Wildman–Crippen LogP) is 31.7. The van der Waals surface area contributed by atoms with E-state index in [1.54, 1.807) is 4.57 Å². The van der Waals surface area contributed by atoms with E-state index in [-0.39, 0.29) is 21.8 Å². The molecule has 0 spiro atoms. The van der Waals surface area contributed by atoms with Gasteiger partial charge in [0.05, 0.1) is 44.7 Å². The Kier molecular flexibility index (Phi) is 15.8. The van der Waals surface area contributed by atoms with Gasteiger partial charge in [0.2, 0.25) is 0 Å². The number of furan rings is 2. The molecule has 7 nitrogen and oxygen atoms in total. The second-order valence-corrected chi connectivity index (χ2v) is 31.8. The number of benzene rings is 17. The molecule has 0 aliphatic rings. The van der Waals surface area contributed by atoms with Gasteiger partial charge in [-0.15, -0.1) is 0 Å². The van der Waals surface area contributed by atoms with E-state index in [1.165, 1.54) is 0 Å². The van der Waals surface area contributed by atoms with Gasteiger partial charge in [0, 0.05) is 106 Å². The van der Waals surface area contributed by atoms with Crippen molar-refractivity contribution in [1.29, 1.82) is 0 Å². The van der Waals surface area contributed by atoms with Crippen LogP contribution in [0.15, 0.2) is 415 Å². The number of anilines is 12. The number of hydrogen-bond donors (Lipinski definition) is 0. The van der Waals surface area contributed by atoms with Gasteiger partial charge in [0.25, 0.3) is 0 Å². The Balaban J connectivity index is 0.891. The molecule has 17 aromatic carbocycles. The van der Waals surface area contributed by atoms with Gasteiger partial charge >= 0.3 is 0 Å². The fraction of sp³-hybridized carbons (Fsp3) is 0.0727. The first-order chi connectivity index (χ1) is 60.6. The second-order valence-electron chi connectivity index (χ2n) is 31.8. The normalized spacial score (nSPS) is 12.8. The molecule has 117 heavy (non-hydrogen) atoms. The monoisotopic (exact) mass is 1520 g/mol. The standard InChI is InChI=1S/C110H85N5O2/c1-109(2,3)78-66-85(111(80-44-20-11-21-45-80)101-62-34-58-97-95-52-24-28-64-103(95)116-107(97)101)72-87(68-78)113(105-89(74-36-12-7-13-37-74)54-32-55-90(105)75-38-14-8-15-39-75)82-47-30-46-81(70-82)112(102-63-35-59-98-96-53-25-29-65-104(96)117-108(98)102)86-67-79(110(4,5)6)69-88(73-86)114(106-91(76-40-16-9-17-41-76)56-33-57-92(106)77-42-18-10-19-43-77)83-48-31-49-84(71-83)115-99-60-26-22-50-93(99)94-51-23-27-61-100(94)115/h7-73H,1-6H3/i22D,23D,26D,27D,50D,51D,60D,61D. The van der Waals surface area contributed by atoms with Crippen LogP contribution >= 0.6 is 0 Å². The van der Waals surface area contributed by atoms with Crippen molar-refractivity contribution in [2.24, 2.45) is 0 Å². The lowest BCUT2D eigenvalue weighted by atomic mass is 9.85. The third kappa shape index (κ3) is 13.0. The molecule has 20 aromatic rings. The van der Waals surface area contributed by atoms with Gasteiger partial charge in [-0.3, -0.25) is 0 Å². The van der Waals surface area contributed by atoms with Crippen LogP contribution in [0.1, 0.15) is 63.6 Å². The molecular weight excluding hydrogens is 1420 g/mol. The zero-order valence-electron chi connectivity index (χ0n) is 73.6.